The summed E-state index contributed by atoms with van der Waals surface area (Å²) in [4.78, 5) is 11.4. The van der Waals surface area contributed by atoms with Gasteiger partial charge >= 0.3 is 5.97 Å². The Hall–Kier alpha value is -2.59. The van der Waals surface area contributed by atoms with E-state index in [9.17, 15) is 9.18 Å². The number of ether oxygens (including phenoxy) is 2. The van der Waals surface area contributed by atoms with Gasteiger partial charge in [-0.05, 0) is 41.5 Å². The van der Waals surface area contributed by atoms with Crippen LogP contribution in [0.15, 0.2) is 61.2 Å². The van der Waals surface area contributed by atoms with Gasteiger partial charge in [-0.2, -0.15) is 0 Å². The van der Waals surface area contributed by atoms with Crippen molar-refractivity contribution in [1.82, 2.24) is 0 Å². The fourth-order valence-corrected chi connectivity index (χ4v) is 2.12. The van der Waals surface area contributed by atoms with Gasteiger partial charge in [0.15, 0.2) is 0 Å². The van der Waals surface area contributed by atoms with E-state index in [0.29, 0.717) is 16.3 Å². The number of halogens is 2. The van der Waals surface area contributed by atoms with Gasteiger partial charge in [-0.1, -0.05) is 42.5 Å². The van der Waals surface area contributed by atoms with Crippen LogP contribution in [0, 0.1) is 5.82 Å². The van der Waals surface area contributed by atoms with Crippen LogP contribution in [0.3, 0.4) is 0 Å². The number of benzene rings is 2. The summed E-state index contributed by atoms with van der Waals surface area (Å²) in [7, 11) is 0. The molecule has 0 saturated carbocycles. The molecule has 0 heterocycles. The molecule has 2 aromatic rings. The lowest BCUT2D eigenvalue weighted by molar-refractivity contribution is -0.136. The van der Waals surface area contributed by atoms with E-state index in [1.807, 2.05) is 0 Å². The number of carbonyl (C=O) groups excluding carboxylic acids is 1. The van der Waals surface area contributed by atoms with Crippen LogP contribution >= 0.6 is 11.6 Å². The van der Waals surface area contributed by atoms with Crippen LogP contribution in [-0.2, 0) is 16.1 Å². The maximum atomic E-state index is 13.1. The second-order valence-corrected chi connectivity index (χ2v) is 5.27. The molecule has 0 aliphatic carbocycles. The normalized spacial score (nSPS) is 10.6. The zero-order chi connectivity index (χ0) is 17.4. The van der Waals surface area contributed by atoms with Gasteiger partial charge in [-0.15, -0.1) is 0 Å². The van der Waals surface area contributed by atoms with Gasteiger partial charge < -0.3 is 9.47 Å². The smallest absolute Gasteiger partial charge is 0.331 e. The molecule has 0 aliphatic heterocycles. The van der Waals surface area contributed by atoms with Crippen LogP contribution in [0.2, 0.25) is 5.02 Å². The summed E-state index contributed by atoms with van der Waals surface area (Å²) in [6.07, 6.45) is 4.39. The first-order valence-electron chi connectivity index (χ1n) is 7.21. The highest BCUT2D eigenvalue weighted by atomic mass is 35.5. The van der Waals surface area contributed by atoms with Crippen LogP contribution in [0.5, 0.6) is 5.75 Å². The van der Waals surface area contributed by atoms with Crippen LogP contribution in [0.4, 0.5) is 4.39 Å². The number of hydrogen-bond acceptors (Lipinski definition) is 3. The largest absolute Gasteiger partial charge is 0.487 e. The first kappa shape index (κ1) is 17.8. The van der Waals surface area contributed by atoms with E-state index in [1.165, 1.54) is 24.3 Å². The Bertz CT molecular complexity index is 756. The molecule has 24 heavy (non-hydrogen) atoms. The summed E-state index contributed by atoms with van der Waals surface area (Å²) in [5.41, 5.74) is 1.44. The lowest BCUT2D eigenvalue weighted by Crippen LogP contribution is -1.99. The molecule has 2 rings (SSSR count). The lowest BCUT2D eigenvalue weighted by atomic mass is 10.2. The molecule has 0 aromatic heterocycles. The topological polar surface area (TPSA) is 35.5 Å². The fourth-order valence-electron chi connectivity index (χ4n) is 1.88. The van der Waals surface area contributed by atoms with E-state index in [0.717, 1.165) is 5.56 Å². The molecular formula is C19H16ClFO3. The van der Waals surface area contributed by atoms with Crippen molar-refractivity contribution in [2.75, 3.05) is 6.61 Å². The molecule has 0 aliphatic rings. The lowest BCUT2D eigenvalue weighted by Gasteiger charge is -2.09. The summed E-state index contributed by atoms with van der Waals surface area (Å²) in [5, 5.41) is 0.396. The standard InChI is InChI=1S/C19H16ClFO3/c1-2-10-23-19(22)9-7-14-6-8-18(17(20)12-14)24-13-15-4-3-5-16(21)11-15/h2-9,11-12H,1,10,13H2/b9-7+. The maximum Gasteiger partial charge on any atom is 0.331 e. The second-order valence-electron chi connectivity index (χ2n) is 4.86. The molecule has 0 spiro atoms. The van der Waals surface area contributed by atoms with E-state index in [4.69, 9.17) is 21.1 Å². The first-order valence-corrected chi connectivity index (χ1v) is 7.59. The minimum atomic E-state index is -0.461. The molecule has 0 radical (unpaired) electrons. The van der Waals surface area contributed by atoms with E-state index >= 15 is 0 Å². The Morgan fingerprint density at radius 3 is 2.79 bits per heavy atom. The summed E-state index contributed by atoms with van der Waals surface area (Å²) >= 11 is 6.16. The maximum absolute atomic E-state index is 13.1. The molecule has 0 bridgehead atoms. The van der Waals surface area contributed by atoms with Gasteiger partial charge in [0.05, 0.1) is 5.02 Å². The highest BCUT2D eigenvalue weighted by molar-refractivity contribution is 6.32. The fraction of sp³-hybridized carbons (Fsp3) is 0.105. The predicted octanol–water partition coefficient (Wildman–Crippen LogP) is 4.80. The SMILES string of the molecule is C=CCOC(=O)/C=C/c1ccc(OCc2cccc(F)c2)c(Cl)c1. The van der Waals surface area contributed by atoms with E-state index in [-0.39, 0.29) is 19.0 Å². The van der Waals surface area contributed by atoms with Gasteiger partial charge in [0.1, 0.15) is 24.8 Å². The Balaban J connectivity index is 1.97. The first-order chi connectivity index (χ1) is 11.6. The molecule has 0 atom stereocenters. The molecule has 0 fully saturated rings. The van der Waals surface area contributed by atoms with Crippen molar-refractivity contribution in [2.45, 2.75) is 6.61 Å². The highest BCUT2D eigenvalue weighted by Crippen LogP contribution is 2.27. The molecule has 124 valence electrons. The van der Waals surface area contributed by atoms with Crippen molar-refractivity contribution in [1.29, 1.82) is 0 Å². The summed E-state index contributed by atoms with van der Waals surface area (Å²) < 4.78 is 23.5. The van der Waals surface area contributed by atoms with Crippen molar-refractivity contribution in [2.24, 2.45) is 0 Å². The third-order valence-electron chi connectivity index (χ3n) is 2.99. The summed E-state index contributed by atoms with van der Waals surface area (Å²) in [5.74, 6) is -0.296. The van der Waals surface area contributed by atoms with Gasteiger partial charge in [0.25, 0.3) is 0 Å². The van der Waals surface area contributed by atoms with Crippen LogP contribution in [0.1, 0.15) is 11.1 Å². The van der Waals surface area contributed by atoms with E-state index in [1.54, 1.807) is 36.4 Å². The number of carbonyl (C=O) groups is 1. The van der Waals surface area contributed by atoms with Gasteiger partial charge in [-0.25, -0.2) is 9.18 Å². The highest BCUT2D eigenvalue weighted by Gasteiger charge is 2.04. The molecule has 2 aromatic carbocycles. The van der Waals surface area contributed by atoms with Crippen molar-refractivity contribution < 1.29 is 18.7 Å². The Labute approximate surface area is 145 Å². The minimum Gasteiger partial charge on any atom is -0.487 e. The third kappa shape index (κ3) is 5.56. The van der Waals surface area contributed by atoms with Crippen LogP contribution < -0.4 is 4.74 Å². The zero-order valence-electron chi connectivity index (χ0n) is 12.9. The Morgan fingerprint density at radius 1 is 1.25 bits per heavy atom. The zero-order valence-corrected chi connectivity index (χ0v) is 13.6. The third-order valence-corrected chi connectivity index (χ3v) is 3.29. The van der Waals surface area contributed by atoms with E-state index < -0.39 is 5.97 Å². The molecule has 0 N–H and O–H groups in total. The van der Waals surface area contributed by atoms with Crippen LogP contribution in [-0.4, -0.2) is 12.6 Å². The molecular weight excluding hydrogens is 331 g/mol. The minimum absolute atomic E-state index is 0.163. The second kappa shape index (κ2) is 8.89. The van der Waals surface area contributed by atoms with Crippen molar-refractivity contribution >= 4 is 23.6 Å². The molecule has 3 nitrogen and oxygen atoms in total. The summed E-state index contributed by atoms with van der Waals surface area (Å²) in [6, 6.07) is 11.3. The van der Waals surface area contributed by atoms with Gasteiger partial charge in [0.2, 0.25) is 0 Å². The Morgan fingerprint density at radius 2 is 2.08 bits per heavy atom. The number of rotatable bonds is 7. The van der Waals surface area contributed by atoms with Crippen molar-refractivity contribution in [3.05, 3.63) is 83.2 Å². The molecule has 0 unspecified atom stereocenters. The van der Waals surface area contributed by atoms with Gasteiger partial charge in [0, 0.05) is 6.08 Å². The van der Waals surface area contributed by atoms with Crippen molar-refractivity contribution in [3.8, 4) is 5.75 Å². The molecule has 5 heteroatoms. The molecule has 0 amide bonds. The monoisotopic (exact) mass is 346 g/mol. The van der Waals surface area contributed by atoms with Crippen LogP contribution in [0.25, 0.3) is 6.08 Å². The van der Waals surface area contributed by atoms with Gasteiger partial charge in [-0.3, -0.25) is 0 Å². The number of hydrogen-bond donors (Lipinski definition) is 0. The summed E-state index contributed by atoms with van der Waals surface area (Å²) in [6.45, 7) is 3.84. The van der Waals surface area contributed by atoms with E-state index in [2.05, 4.69) is 6.58 Å². The average Bonchev–Trinajstić information content (AvgIpc) is 2.57. The molecule has 0 saturated heterocycles. The Kier molecular flexibility index (Phi) is 6.58. The number of esters is 1. The quantitative estimate of drug-likeness (QED) is 0.410. The average molecular weight is 347 g/mol. The predicted molar refractivity (Wildman–Crippen MR) is 92.4 cm³/mol. The van der Waals surface area contributed by atoms with Crippen molar-refractivity contribution in [3.63, 3.8) is 0 Å².